The summed E-state index contributed by atoms with van der Waals surface area (Å²) >= 11 is 0. The Hall–Kier alpha value is -0.890. The molecule has 0 saturated heterocycles. The van der Waals surface area contributed by atoms with Crippen LogP contribution in [0.2, 0.25) is 0 Å². The molecule has 0 fully saturated rings. The van der Waals surface area contributed by atoms with Crippen LogP contribution in [0.25, 0.3) is 0 Å². The standard InChI is InChI=1S/C9H10OS/c1-3-11(10)9-7-5-4-6-8(9)2/h3-7H,1H2,2H3/t11-/m1/s1. The third-order valence-corrected chi connectivity index (χ3v) is 2.66. The highest BCUT2D eigenvalue weighted by molar-refractivity contribution is 7.88. The molecule has 11 heavy (non-hydrogen) atoms. The van der Waals surface area contributed by atoms with Crippen LogP contribution < -0.4 is 0 Å². The Bertz CT molecular complexity index is 291. The summed E-state index contributed by atoms with van der Waals surface area (Å²) < 4.78 is 11.2. The van der Waals surface area contributed by atoms with Crippen LogP contribution in [0.15, 0.2) is 41.1 Å². The minimum absolute atomic E-state index is 0.850. The number of benzene rings is 1. The average molecular weight is 166 g/mol. The van der Waals surface area contributed by atoms with Crippen LogP contribution in [-0.2, 0) is 10.8 Å². The Morgan fingerprint density at radius 1 is 1.45 bits per heavy atom. The van der Waals surface area contributed by atoms with Gasteiger partial charge < -0.3 is 0 Å². The van der Waals surface area contributed by atoms with Gasteiger partial charge in [-0.1, -0.05) is 24.8 Å². The predicted molar refractivity (Wildman–Crippen MR) is 47.8 cm³/mol. The number of hydrogen-bond donors (Lipinski definition) is 0. The molecule has 0 bridgehead atoms. The second kappa shape index (κ2) is 3.49. The molecule has 0 unspecified atom stereocenters. The molecule has 0 aromatic heterocycles. The molecule has 0 heterocycles. The zero-order valence-electron chi connectivity index (χ0n) is 6.41. The zero-order chi connectivity index (χ0) is 8.27. The molecule has 0 N–H and O–H groups in total. The van der Waals surface area contributed by atoms with Gasteiger partial charge in [0, 0.05) is 10.3 Å². The van der Waals surface area contributed by atoms with Gasteiger partial charge in [-0.05, 0) is 18.6 Å². The van der Waals surface area contributed by atoms with Crippen molar-refractivity contribution >= 4 is 10.8 Å². The molecule has 58 valence electrons. The van der Waals surface area contributed by atoms with E-state index in [0.29, 0.717) is 0 Å². The van der Waals surface area contributed by atoms with Crippen molar-refractivity contribution in [2.45, 2.75) is 11.8 Å². The normalized spacial score (nSPS) is 12.5. The molecule has 1 aromatic rings. The fraction of sp³-hybridized carbons (Fsp3) is 0.111. The summed E-state index contributed by atoms with van der Waals surface area (Å²) in [6, 6.07) is 7.60. The summed E-state index contributed by atoms with van der Waals surface area (Å²) in [5.41, 5.74) is 1.05. The van der Waals surface area contributed by atoms with Crippen LogP contribution in [0.3, 0.4) is 0 Å². The molecular formula is C9H10OS. The van der Waals surface area contributed by atoms with E-state index in [-0.39, 0.29) is 0 Å². The van der Waals surface area contributed by atoms with E-state index in [9.17, 15) is 4.21 Å². The molecule has 1 aromatic carbocycles. The summed E-state index contributed by atoms with van der Waals surface area (Å²) in [4.78, 5) is 0.850. The van der Waals surface area contributed by atoms with Crippen molar-refractivity contribution in [1.29, 1.82) is 0 Å². The molecule has 0 aliphatic rings. The van der Waals surface area contributed by atoms with Crippen molar-refractivity contribution in [2.75, 3.05) is 0 Å². The Morgan fingerprint density at radius 3 is 2.64 bits per heavy atom. The zero-order valence-corrected chi connectivity index (χ0v) is 7.23. The fourth-order valence-corrected chi connectivity index (χ4v) is 1.65. The van der Waals surface area contributed by atoms with Crippen molar-refractivity contribution in [3.05, 3.63) is 41.8 Å². The predicted octanol–water partition coefficient (Wildman–Crippen LogP) is 2.25. The van der Waals surface area contributed by atoms with E-state index in [0.717, 1.165) is 10.5 Å². The molecule has 2 heteroatoms. The molecule has 0 saturated carbocycles. The minimum atomic E-state index is -1.04. The lowest BCUT2D eigenvalue weighted by molar-refractivity contribution is 0.688. The van der Waals surface area contributed by atoms with Gasteiger partial charge in [0.05, 0.1) is 10.8 Å². The van der Waals surface area contributed by atoms with Crippen LogP contribution in [0.5, 0.6) is 0 Å². The second-order valence-electron chi connectivity index (χ2n) is 2.23. The van der Waals surface area contributed by atoms with E-state index >= 15 is 0 Å². The monoisotopic (exact) mass is 166 g/mol. The van der Waals surface area contributed by atoms with Gasteiger partial charge >= 0.3 is 0 Å². The smallest absolute Gasteiger partial charge is 0.0772 e. The summed E-state index contributed by atoms with van der Waals surface area (Å²) in [6.45, 7) is 5.42. The third kappa shape index (κ3) is 1.77. The first-order valence-corrected chi connectivity index (χ1v) is 4.56. The number of hydrogen-bond acceptors (Lipinski definition) is 1. The maximum atomic E-state index is 11.2. The van der Waals surface area contributed by atoms with Gasteiger partial charge in [0.2, 0.25) is 0 Å². The van der Waals surface area contributed by atoms with Crippen LogP contribution in [0.4, 0.5) is 0 Å². The summed E-state index contributed by atoms with van der Waals surface area (Å²) in [5.74, 6) is 0. The van der Waals surface area contributed by atoms with Gasteiger partial charge in [-0.2, -0.15) is 0 Å². The van der Waals surface area contributed by atoms with E-state index < -0.39 is 10.8 Å². The molecule has 0 aliphatic heterocycles. The first kappa shape index (κ1) is 8.21. The molecule has 1 atom stereocenters. The lowest BCUT2D eigenvalue weighted by atomic mass is 10.2. The van der Waals surface area contributed by atoms with Crippen molar-refractivity contribution in [2.24, 2.45) is 0 Å². The van der Waals surface area contributed by atoms with E-state index in [4.69, 9.17) is 0 Å². The molecule has 0 spiro atoms. The largest absolute Gasteiger partial charge is 0.250 e. The van der Waals surface area contributed by atoms with Crippen LogP contribution in [0, 0.1) is 6.92 Å². The van der Waals surface area contributed by atoms with Crippen LogP contribution >= 0.6 is 0 Å². The maximum Gasteiger partial charge on any atom is 0.0772 e. The molecule has 1 nitrogen and oxygen atoms in total. The van der Waals surface area contributed by atoms with Gasteiger partial charge in [0.1, 0.15) is 0 Å². The highest BCUT2D eigenvalue weighted by atomic mass is 32.2. The summed E-state index contributed by atoms with van der Waals surface area (Å²) in [5, 5.41) is 1.45. The molecule has 1 rings (SSSR count). The minimum Gasteiger partial charge on any atom is -0.250 e. The summed E-state index contributed by atoms with van der Waals surface area (Å²) in [6.07, 6.45) is 0. The number of rotatable bonds is 2. The van der Waals surface area contributed by atoms with Crippen molar-refractivity contribution in [3.8, 4) is 0 Å². The van der Waals surface area contributed by atoms with E-state index in [1.807, 2.05) is 31.2 Å². The van der Waals surface area contributed by atoms with Gasteiger partial charge in [-0.25, -0.2) is 4.21 Å². The van der Waals surface area contributed by atoms with Crippen LogP contribution in [-0.4, -0.2) is 4.21 Å². The van der Waals surface area contributed by atoms with Crippen molar-refractivity contribution < 1.29 is 4.21 Å². The lowest BCUT2D eigenvalue weighted by Crippen LogP contribution is -1.88. The first-order chi connectivity index (χ1) is 5.25. The van der Waals surface area contributed by atoms with Gasteiger partial charge in [0.25, 0.3) is 0 Å². The molecular weight excluding hydrogens is 156 g/mol. The van der Waals surface area contributed by atoms with Crippen molar-refractivity contribution in [1.82, 2.24) is 0 Å². The first-order valence-electron chi connectivity index (χ1n) is 3.34. The Balaban J connectivity index is 3.13. The molecule has 0 radical (unpaired) electrons. The van der Waals surface area contributed by atoms with Gasteiger partial charge in [-0.3, -0.25) is 0 Å². The highest BCUT2D eigenvalue weighted by Crippen LogP contribution is 2.11. The molecule has 0 amide bonds. The second-order valence-corrected chi connectivity index (χ2v) is 3.60. The Kier molecular flexibility index (Phi) is 2.60. The Morgan fingerprint density at radius 2 is 2.09 bits per heavy atom. The van der Waals surface area contributed by atoms with E-state index in [1.54, 1.807) is 0 Å². The number of aryl methyl sites for hydroxylation is 1. The van der Waals surface area contributed by atoms with E-state index in [2.05, 4.69) is 6.58 Å². The topological polar surface area (TPSA) is 17.1 Å². The third-order valence-electron chi connectivity index (χ3n) is 1.46. The SMILES string of the molecule is C=C[S@@](=O)c1ccccc1C. The van der Waals surface area contributed by atoms with Gasteiger partial charge in [-0.15, -0.1) is 0 Å². The molecule has 0 aliphatic carbocycles. The van der Waals surface area contributed by atoms with E-state index in [1.165, 1.54) is 5.41 Å². The Labute approximate surface area is 69.2 Å². The maximum absolute atomic E-state index is 11.2. The fourth-order valence-electron chi connectivity index (χ4n) is 0.872. The summed E-state index contributed by atoms with van der Waals surface area (Å²) in [7, 11) is -1.04. The average Bonchev–Trinajstić information content (AvgIpc) is 2.04. The highest BCUT2D eigenvalue weighted by Gasteiger charge is 2.00. The lowest BCUT2D eigenvalue weighted by Gasteiger charge is -1.99. The van der Waals surface area contributed by atoms with Crippen molar-refractivity contribution in [3.63, 3.8) is 0 Å². The van der Waals surface area contributed by atoms with Gasteiger partial charge in [0.15, 0.2) is 0 Å². The quantitative estimate of drug-likeness (QED) is 0.658. The van der Waals surface area contributed by atoms with Crippen LogP contribution in [0.1, 0.15) is 5.56 Å².